The van der Waals surface area contributed by atoms with E-state index in [1.54, 1.807) is 0 Å². The van der Waals surface area contributed by atoms with Crippen molar-refractivity contribution >= 4 is 0 Å². The zero-order valence-corrected chi connectivity index (χ0v) is 11.2. The molecule has 1 heteroatoms. The van der Waals surface area contributed by atoms with E-state index < -0.39 is 0 Å². The van der Waals surface area contributed by atoms with Crippen LogP contribution < -0.4 is 5.32 Å². The number of rotatable bonds is 5. The summed E-state index contributed by atoms with van der Waals surface area (Å²) in [6.07, 6.45) is 11.8. The lowest BCUT2D eigenvalue weighted by atomic mass is 9.73. The number of nitrogens with one attached hydrogen (secondary N) is 1. The average Bonchev–Trinajstić information content (AvgIpc) is 2.22. The van der Waals surface area contributed by atoms with Crippen LogP contribution in [0.3, 0.4) is 0 Å². The Kier molecular flexibility index (Phi) is 4.69. The van der Waals surface area contributed by atoms with Crippen molar-refractivity contribution in [2.45, 2.75) is 71.3 Å². The molecule has 2 aliphatic rings. The molecule has 0 aromatic heterocycles. The largest absolute Gasteiger partial charge is 0.314 e. The van der Waals surface area contributed by atoms with Gasteiger partial charge in [-0.1, -0.05) is 46.0 Å². The first-order valence-corrected chi connectivity index (χ1v) is 7.49. The van der Waals surface area contributed by atoms with Gasteiger partial charge < -0.3 is 5.32 Å². The summed E-state index contributed by atoms with van der Waals surface area (Å²) in [6, 6.07) is 0.857. The third-order valence-corrected chi connectivity index (χ3v) is 4.83. The van der Waals surface area contributed by atoms with Crippen LogP contribution >= 0.6 is 0 Å². The van der Waals surface area contributed by atoms with Crippen molar-refractivity contribution in [2.75, 3.05) is 6.54 Å². The minimum absolute atomic E-state index is 0.857. The van der Waals surface area contributed by atoms with E-state index in [-0.39, 0.29) is 0 Å². The molecule has 0 amide bonds. The van der Waals surface area contributed by atoms with Crippen LogP contribution in [0.5, 0.6) is 0 Å². The highest BCUT2D eigenvalue weighted by atomic mass is 14.9. The van der Waals surface area contributed by atoms with E-state index in [1.165, 1.54) is 57.9 Å². The third kappa shape index (κ3) is 3.48. The molecular weight excluding hydrogens is 194 g/mol. The van der Waals surface area contributed by atoms with Gasteiger partial charge in [-0.2, -0.15) is 0 Å². The third-order valence-electron chi connectivity index (χ3n) is 4.83. The molecule has 1 nitrogen and oxygen atoms in total. The van der Waals surface area contributed by atoms with E-state index in [9.17, 15) is 0 Å². The SMILES string of the molecule is CC(C)C1CC(NCCC2CCCCC2)C1. The zero-order valence-electron chi connectivity index (χ0n) is 11.2. The molecule has 2 saturated carbocycles. The second-order valence-corrected chi connectivity index (χ2v) is 6.42. The molecule has 0 atom stereocenters. The van der Waals surface area contributed by atoms with Gasteiger partial charge in [-0.25, -0.2) is 0 Å². The van der Waals surface area contributed by atoms with Gasteiger partial charge in [0.25, 0.3) is 0 Å². The minimum Gasteiger partial charge on any atom is -0.314 e. The molecule has 0 spiro atoms. The molecule has 2 rings (SSSR count). The molecule has 0 aromatic rings. The van der Waals surface area contributed by atoms with Crippen LogP contribution in [0.1, 0.15) is 65.2 Å². The highest BCUT2D eigenvalue weighted by Gasteiger charge is 2.30. The molecule has 0 radical (unpaired) electrons. The first-order valence-electron chi connectivity index (χ1n) is 7.49. The monoisotopic (exact) mass is 223 g/mol. The second kappa shape index (κ2) is 6.05. The van der Waals surface area contributed by atoms with Crippen LogP contribution in [0.4, 0.5) is 0 Å². The van der Waals surface area contributed by atoms with Crippen molar-refractivity contribution in [3.8, 4) is 0 Å². The quantitative estimate of drug-likeness (QED) is 0.743. The molecule has 94 valence electrons. The predicted molar refractivity (Wildman–Crippen MR) is 70.5 cm³/mol. The molecule has 2 aliphatic carbocycles. The van der Waals surface area contributed by atoms with Crippen LogP contribution in [0, 0.1) is 17.8 Å². The minimum atomic E-state index is 0.857. The van der Waals surface area contributed by atoms with Crippen LogP contribution in [-0.2, 0) is 0 Å². The van der Waals surface area contributed by atoms with E-state index in [2.05, 4.69) is 19.2 Å². The normalized spacial score (nSPS) is 31.7. The average molecular weight is 223 g/mol. The van der Waals surface area contributed by atoms with Gasteiger partial charge in [0.1, 0.15) is 0 Å². The summed E-state index contributed by atoms with van der Waals surface area (Å²) in [5.74, 6) is 2.95. The van der Waals surface area contributed by atoms with E-state index >= 15 is 0 Å². The van der Waals surface area contributed by atoms with Gasteiger partial charge in [-0.3, -0.25) is 0 Å². The van der Waals surface area contributed by atoms with E-state index in [1.807, 2.05) is 0 Å². The van der Waals surface area contributed by atoms with Gasteiger partial charge in [0.2, 0.25) is 0 Å². The lowest BCUT2D eigenvalue weighted by Gasteiger charge is -2.39. The fraction of sp³-hybridized carbons (Fsp3) is 1.00. The lowest BCUT2D eigenvalue weighted by molar-refractivity contribution is 0.165. The number of hydrogen-bond donors (Lipinski definition) is 1. The van der Waals surface area contributed by atoms with Gasteiger partial charge in [0.05, 0.1) is 0 Å². The molecule has 0 bridgehead atoms. The molecular formula is C15H29N. The Hall–Kier alpha value is -0.0400. The second-order valence-electron chi connectivity index (χ2n) is 6.42. The Balaban J connectivity index is 1.49. The molecule has 1 N–H and O–H groups in total. The maximum atomic E-state index is 3.75. The lowest BCUT2D eigenvalue weighted by Crippen LogP contribution is -2.43. The predicted octanol–water partition coefficient (Wildman–Crippen LogP) is 3.98. The van der Waals surface area contributed by atoms with Gasteiger partial charge in [-0.15, -0.1) is 0 Å². The molecule has 0 heterocycles. The standard InChI is InChI=1S/C15H29N/c1-12(2)14-10-15(11-14)16-9-8-13-6-4-3-5-7-13/h12-16H,3-11H2,1-2H3. The molecule has 0 aromatic carbocycles. The topological polar surface area (TPSA) is 12.0 Å². The van der Waals surface area contributed by atoms with Crippen LogP contribution in [0.2, 0.25) is 0 Å². The van der Waals surface area contributed by atoms with Crippen molar-refractivity contribution in [1.29, 1.82) is 0 Å². The fourth-order valence-electron chi connectivity index (χ4n) is 3.34. The van der Waals surface area contributed by atoms with E-state index in [0.717, 1.165) is 23.8 Å². The molecule has 0 aliphatic heterocycles. The van der Waals surface area contributed by atoms with Crippen molar-refractivity contribution in [1.82, 2.24) is 5.32 Å². The molecule has 0 unspecified atom stereocenters. The zero-order chi connectivity index (χ0) is 11.4. The molecule has 16 heavy (non-hydrogen) atoms. The van der Waals surface area contributed by atoms with Gasteiger partial charge >= 0.3 is 0 Å². The Morgan fingerprint density at radius 1 is 1.06 bits per heavy atom. The summed E-state index contributed by atoms with van der Waals surface area (Å²) in [5.41, 5.74) is 0. The summed E-state index contributed by atoms with van der Waals surface area (Å²) in [5, 5.41) is 3.75. The summed E-state index contributed by atoms with van der Waals surface area (Å²) in [6.45, 7) is 6.01. The molecule has 2 fully saturated rings. The first-order chi connectivity index (χ1) is 7.75. The highest BCUT2D eigenvalue weighted by molar-refractivity contribution is 4.86. The van der Waals surface area contributed by atoms with Crippen LogP contribution in [0.25, 0.3) is 0 Å². The van der Waals surface area contributed by atoms with Crippen LogP contribution in [-0.4, -0.2) is 12.6 Å². The Morgan fingerprint density at radius 2 is 1.75 bits per heavy atom. The summed E-state index contributed by atoms with van der Waals surface area (Å²) < 4.78 is 0. The van der Waals surface area contributed by atoms with E-state index in [4.69, 9.17) is 0 Å². The highest BCUT2D eigenvalue weighted by Crippen LogP contribution is 2.33. The van der Waals surface area contributed by atoms with Gasteiger partial charge in [0, 0.05) is 6.04 Å². The molecule has 0 saturated heterocycles. The van der Waals surface area contributed by atoms with Gasteiger partial charge in [0.15, 0.2) is 0 Å². The first kappa shape index (κ1) is 12.4. The summed E-state index contributed by atoms with van der Waals surface area (Å²) >= 11 is 0. The maximum absolute atomic E-state index is 3.75. The van der Waals surface area contributed by atoms with Crippen LogP contribution in [0.15, 0.2) is 0 Å². The van der Waals surface area contributed by atoms with E-state index in [0.29, 0.717) is 0 Å². The number of hydrogen-bond acceptors (Lipinski definition) is 1. The Morgan fingerprint density at radius 3 is 2.38 bits per heavy atom. The van der Waals surface area contributed by atoms with Crippen molar-refractivity contribution in [2.24, 2.45) is 17.8 Å². The van der Waals surface area contributed by atoms with Crippen molar-refractivity contribution < 1.29 is 0 Å². The fourth-order valence-corrected chi connectivity index (χ4v) is 3.34. The maximum Gasteiger partial charge on any atom is 0.00725 e. The summed E-state index contributed by atoms with van der Waals surface area (Å²) in [4.78, 5) is 0. The smallest absolute Gasteiger partial charge is 0.00725 e. The Labute approximate surface area is 101 Å². The van der Waals surface area contributed by atoms with Crippen molar-refractivity contribution in [3.63, 3.8) is 0 Å². The summed E-state index contributed by atoms with van der Waals surface area (Å²) in [7, 11) is 0. The van der Waals surface area contributed by atoms with Gasteiger partial charge in [-0.05, 0) is 43.6 Å². The Bertz CT molecular complexity index is 188. The van der Waals surface area contributed by atoms with Crippen molar-refractivity contribution in [3.05, 3.63) is 0 Å².